The highest BCUT2D eigenvalue weighted by Gasteiger charge is 2.32. The summed E-state index contributed by atoms with van der Waals surface area (Å²) >= 11 is 0. The fraction of sp³-hybridized carbons (Fsp3) is 0.871. The fourth-order valence-corrected chi connectivity index (χ4v) is 8.07. The summed E-state index contributed by atoms with van der Waals surface area (Å²) in [6, 6.07) is 2.13. The van der Waals surface area contributed by atoms with E-state index in [0.29, 0.717) is 24.2 Å². The van der Waals surface area contributed by atoms with Gasteiger partial charge in [-0.1, -0.05) is 83.5 Å². The molecule has 10 heteroatoms. The van der Waals surface area contributed by atoms with Crippen LogP contribution in [0.2, 0.25) is 0 Å². The van der Waals surface area contributed by atoms with Crippen molar-refractivity contribution in [1.29, 1.82) is 0 Å². The molecule has 2 unspecified atom stereocenters. The molecule has 0 aromatic carbocycles. The number of hydrogen-bond acceptors (Lipinski definition) is 7. The normalized spacial score (nSPS) is 26.8. The van der Waals surface area contributed by atoms with Gasteiger partial charge in [-0.25, -0.2) is 0 Å². The molecule has 1 aromatic rings. The van der Waals surface area contributed by atoms with Crippen molar-refractivity contribution >= 4 is 25.2 Å². The molecule has 234 valence electrons. The number of nitrogens with zero attached hydrogens (tertiary/aromatic N) is 4. The van der Waals surface area contributed by atoms with Gasteiger partial charge in [-0.2, -0.15) is 9.97 Å². The molecular formula is C31H57N6O3P. The Morgan fingerprint density at radius 3 is 2.07 bits per heavy atom. The van der Waals surface area contributed by atoms with E-state index in [1.807, 2.05) is 6.07 Å². The molecule has 5 N–H and O–H groups in total. The molecule has 0 amide bonds. The second-order valence-electron chi connectivity index (χ2n) is 13.5. The molecule has 0 bridgehead atoms. The summed E-state index contributed by atoms with van der Waals surface area (Å²) in [7, 11) is -4.01. The molecule has 3 fully saturated rings. The lowest BCUT2D eigenvalue weighted by atomic mass is 9.79. The first-order chi connectivity index (χ1) is 19.7. The second kappa shape index (κ2) is 15.9. The van der Waals surface area contributed by atoms with E-state index in [1.165, 1.54) is 96.3 Å². The molecule has 9 nitrogen and oxygen atoms in total. The first-order valence-electron chi connectivity index (χ1n) is 16.6. The van der Waals surface area contributed by atoms with Crippen molar-refractivity contribution in [3.05, 3.63) is 6.07 Å². The van der Waals surface area contributed by atoms with Crippen LogP contribution in [0, 0.1) is 17.8 Å². The van der Waals surface area contributed by atoms with E-state index in [2.05, 4.69) is 33.9 Å². The van der Waals surface area contributed by atoms with E-state index in [-0.39, 0.29) is 18.2 Å². The molecule has 2 heterocycles. The van der Waals surface area contributed by atoms with Crippen LogP contribution in [-0.4, -0.2) is 69.1 Å². The minimum absolute atomic E-state index is 0.113. The van der Waals surface area contributed by atoms with E-state index < -0.39 is 7.60 Å². The Balaban J connectivity index is 1.14. The SMILES string of the molecule is CC1CN(c2cc(N)nc(NCC3CCC(CCCCCCC4CCCCC4)CC3)n2)CC(C)N1CCP(=O)(O)O. The average Bonchev–Trinajstić information content (AvgIpc) is 2.93. The van der Waals surface area contributed by atoms with Crippen molar-refractivity contribution in [2.45, 2.75) is 122 Å². The lowest BCUT2D eigenvalue weighted by Crippen LogP contribution is -2.57. The van der Waals surface area contributed by atoms with Crippen molar-refractivity contribution in [3.63, 3.8) is 0 Å². The number of piperazine rings is 1. The first-order valence-corrected chi connectivity index (χ1v) is 18.4. The van der Waals surface area contributed by atoms with Crippen molar-refractivity contribution in [3.8, 4) is 0 Å². The van der Waals surface area contributed by atoms with Gasteiger partial charge in [0.15, 0.2) is 0 Å². The maximum absolute atomic E-state index is 11.4. The van der Waals surface area contributed by atoms with Crippen molar-refractivity contribution < 1.29 is 14.4 Å². The Morgan fingerprint density at radius 1 is 0.878 bits per heavy atom. The third kappa shape index (κ3) is 11.0. The largest absolute Gasteiger partial charge is 0.383 e. The third-order valence-corrected chi connectivity index (χ3v) is 10.8. The summed E-state index contributed by atoms with van der Waals surface area (Å²) < 4.78 is 11.4. The van der Waals surface area contributed by atoms with Crippen LogP contribution in [0.15, 0.2) is 6.07 Å². The Kier molecular flexibility index (Phi) is 12.6. The lowest BCUT2D eigenvalue weighted by molar-refractivity contribution is 0.138. The van der Waals surface area contributed by atoms with Gasteiger partial charge in [0.2, 0.25) is 5.95 Å². The number of unbranched alkanes of at least 4 members (excludes halogenated alkanes) is 3. The smallest absolute Gasteiger partial charge is 0.326 e. The van der Waals surface area contributed by atoms with Crippen LogP contribution in [-0.2, 0) is 4.57 Å². The van der Waals surface area contributed by atoms with Crippen molar-refractivity contribution in [2.24, 2.45) is 17.8 Å². The number of hydrogen-bond donors (Lipinski definition) is 4. The number of nitrogens with two attached hydrogens (primary N) is 1. The van der Waals surface area contributed by atoms with Gasteiger partial charge in [-0.3, -0.25) is 9.46 Å². The second-order valence-corrected chi connectivity index (χ2v) is 15.2. The Bertz CT molecular complexity index is 951. The first kappa shape index (κ1) is 32.5. The Labute approximate surface area is 248 Å². The minimum Gasteiger partial charge on any atom is -0.383 e. The third-order valence-electron chi connectivity index (χ3n) is 10.0. The van der Waals surface area contributed by atoms with Gasteiger partial charge in [0, 0.05) is 44.3 Å². The number of nitrogen functional groups attached to an aromatic ring is 1. The molecule has 1 aromatic heterocycles. The zero-order valence-corrected chi connectivity index (χ0v) is 26.6. The minimum atomic E-state index is -4.01. The van der Waals surface area contributed by atoms with E-state index in [4.69, 9.17) is 10.7 Å². The van der Waals surface area contributed by atoms with Gasteiger partial charge >= 0.3 is 7.60 Å². The van der Waals surface area contributed by atoms with Crippen LogP contribution in [0.3, 0.4) is 0 Å². The monoisotopic (exact) mass is 592 g/mol. The molecule has 1 saturated heterocycles. The van der Waals surface area contributed by atoms with Gasteiger partial charge in [0.25, 0.3) is 0 Å². The van der Waals surface area contributed by atoms with Gasteiger partial charge < -0.3 is 25.7 Å². The molecular weight excluding hydrogens is 535 g/mol. The molecule has 2 atom stereocenters. The predicted octanol–water partition coefficient (Wildman–Crippen LogP) is 6.27. The van der Waals surface area contributed by atoms with E-state index in [1.54, 1.807) is 0 Å². The molecule has 1 aliphatic heterocycles. The zero-order chi connectivity index (χ0) is 29.2. The lowest BCUT2D eigenvalue weighted by Gasteiger charge is -2.45. The number of rotatable bonds is 14. The highest BCUT2D eigenvalue weighted by atomic mass is 31.2. The van der Waals surface area contributed by atoms with Crippen molar-refractivity contribution in [1.82, 2.24) is 14.9 Å². The molecule has 0 spiro atoms. The highest BCUT2D eigenvalue weighted by Crippen LogP contribution is 2.35. The topological polar surface area (TPSA) is 128 Å². The summed E-state index contributed by atoms with van der Waals surface area (Å²) in [6.07, 6.45) is 21.1. The Hall–Kier alpha value is -1.41. The van der Waals surface area contributed by atoms with Crippen LogP contribution < -0.4 is 16.0 Å². The van der Waals surface area contributed by atoms with Crippen LogP contribution in [0.1, 0.15) is 110 Å². The maximum atomic E-state index is 11.4. The van der Waals surface area contributed by atoms with Gasteiger partial charge in [-0.15, -0.1) is 0 Å². The Morgan fingerprint density at radius 2 is 1.46 bits per heavy atom. The predicted molar refractivity (Wildman–Crippen MR) is 169 cm³/mol. The summed E-state index contributed by atoms with van der Waals surface area (Å²) in [4.78, 5) is 32.3. The van der Waals surface area contributed by atoms with E-state index in [9.17, 15) is 14.4 Å². The number of aromatic nitrogens is 2. The van der Waals surface area contributed by atoms with Crippen LogP contribution in [0.4, 0.5) is 17.6 Å². The summed E-state index contributed by atoms with van der Waals surface area (Å²) in [5, 5.41) is 3.49. The molecule has 2 aliphatic carbocycles. The summed E-state index contributed by atoms with van der Waals surface area (Å²) in [5.74, 6) is 4.48. The zero-order valence-electron chi connectivity index (χ0n) is 25.7. The standard InChI is InChI=1S/C31H57N6O3P/c1-24-22-36(23-25(2)37(24)18-19-41(38,39)40)30-20-29(32)34-31(35-30)33-21-28-16-14-27(15-17-28)13-7-4-3-6-10-26-11-8-5-9-12-26/h20,24-28H,3-19,21-23H2,1-2H3,(H2,38,39,40)(H3,32,33,34,35). The molecule has 4 rings (SSSR count). The van der Waals surface area contributed by atoms with Crippen LogP contribution in [0.25, 0.3) is 0 Å². The maximum Gasteiger partial charge on any atom is 0.326 e. The van der Waals surface area contributed by atoms with Crippen molar-refractivity contribution in [2.75, 3.05) is 48.3 Å². The number of anilines is 3. The van der Waals surface area contributed by atoms with Gasteiger partial charge in [0.05, 0.1) is 6.16 Å². The van der Waals surface area contributed by atoms with Gasteiger partial charge in [0.1, 0.15) is 11.6 Å². The molecule has 0 radical (unpaired) electrons. The molecule has 2 saturated carbocycles. The number of nitrogens with one attached hydrogen (secondary N) is 1. The fourth-order valence-electron chi connectivity index (χ4n) is 7.58. The van der Waals surface area contributed by atoms with Gasteiger partial charge in [-0.05, 0) is 44.4 Å². The van der Waals surface area contributed by atoms with E-state index >= 15 is 0 Å². The quantitative estimate of drug-likeness (QED) is 0.146. The molecule has 3 aliphatic rings. The summed E-state index contributed by atoms with van der Waals surface area (Å²) in [5.41, 5.74) is 6.19. The summed E-state index contributed by atoms with van der Waals surface area (Å²) in [6.45, 7) is 6.93. The average molecular weight is 593 g/mol. The molecule has 41 heavy (non-hydrogen) atoms. The van der Waals surface area contributed by atoms with Crippen LogP contribution in [0.5, 0.6) is 0 Å². The van der Waals surface area contributed by atoms with E-state index in [0.717, 1.165) is 37.3 Å². The van der Waals surface area contributed by atoms with Crippen LogP contribution >= 0.6 is 7.60 Å². The highest BCUT2D eigenvalue weighted by molar-refractivity contribution is 7.51.